The van der Waals surface area contributed by atoms with Gasteiger partial charge in [0.05, 0.1) is 18.0 Å². The van der Waals surface area contributed by atoms with Crippen LogP contribution in [-0.2, 0) is 6.42 Å². The molecule has 8 nitrogen and oxygen atoms in total. The van der Waals surface area contributed by atoms with Gasteiger partial charge in [-0.05, 0) is 48.7 Å². The van der Waals surface area contributed by atoms with Crippen molar-refractivity contribution < 1.29 is 9.53 Å². The molecule has 190 valence electrons. The maximum Gasteiger partial charge on any atom is 0.269 e. The highest BCUT2D eigenvalue weighted by atomic mass is 32.1. The van der Waals surface area contributed by atoms with Gasteiger partial charge in [0.1, 0.15) is 32.9 Å². The second kappa shape index (κ2) is 10.5. The fourth-order valence-corrected chi connectivity index (χ4v) is 5.88. The number of ether oxygens (including phenoxy) is 1. The smallest absolute Gasteiger partial charge is 0.269 e. The van der Waals surface area contributed by atoms with E-state index in [1.54, 1.807) is 0 Å². The van der Waals surface area contributed by atoms with Crippen molar-refractivity contribution in [1.29, 1.82) is 5.26 Å². The van der Waals surface area contributed by atoms with Gasteiger partial charge in [0.25, 0.3) is 5.91 Å². The zero-order valence-corrected chi connectivity index (χ0v) is 22.4. The van der Waals surface area contributed by atoms with Crippen LogP contribution in [0.25, 0.3) is 32.6 Å². The van der Waals surface area contributed by atoms with Crippen molar-refractivity contribution in [2.75, 3.05) is 23.4 Å². The summed E-state index contributed by atoms with van der Waals surface area (Å²) >= 11 is 2.45. The highest BCUT2D eigenvalue weighted by Gasteiger charge is 2.25. The molecular formula is C28H24N6O2S2. The number of benzene rings is 2. The summed E-state index contributed by atoms with van der Waals surface area (Å²) in [5.74, 6) is 0.486. The van der Waals surface area contributed by atoms with Crippen molar-refractivity contribution in [2.45, 2.75) is 20.3 Å². The molecule has 5 aromatic rings. The molecule has 0 radical (unpaired) electrons. The average Bonchev–Trinajstić information content (AvgIpc) is 3.52. The molecule has 0 spiro atoms. The van der Waals surface area contributed by atoms with Crippen molar-refractivity contribution in [3.63, 3.8) is 0 Å². The molecule has 0 aliphatic rings. The number of thiophene rings is 1. The number of pyridine rings is 1. The number of hydrogen-bond acceptors (Lipinski definition) is 9. The molecule has 5 N–H and O–H groups in total. The zero-order valence-electron chi connectivity index (χ0n) is 20.7. The van der Waals surface area contributed by atoms with Gasteiger partial charge in [0, 0.05) is 21.9 Å². The van der Waals surface area contributed by atoms with Crippen LogP contribution in [0.15, 0.2) is 53.9 Å². The van der Waals surface area contributed by atoms with Gasteiger partial charge < -0.3 is 16.2 Å². The number of aromatic nitrogens is 2. The molecule has 0 bridgehead atoms. The Morgan fingerprint density at radius 3 is 2.42 bits per heavy atom. The Labute approximate surface area is 227 Å². The van der Waals surface area contributed by atoms with E-state index in [1.165, 1.54) is 11.3 Å². The van der Waals surface area contributed by atoms with Crippen LogP contribution in [0.3, 0.4) is 0 Å². The number of nitrogen functional groups attached to an aromatic ring is 2. The molecule has 2 aromatic carbocycles. The van der Waals surface area contributed by atoms with Crippen molar-refractivity contribution in [1.82, 2.24) is 9.97 Å². The van der Waals surface area contributed by atoms with E-state index in [2.05, 4.69) is 28.3 Å². The van der Waals surface area contributed by atoms with Gasteiger partial charge in [0.2, 0.25) is 0 Å². The van der Waals surface area contributed by atoms with Gasteiger partial charge in [-0.25, -0.2) is 9.97 Å². The number of aryl methyl sites for hydroxylation is 1. The number of rotatable bonds is 7. The molecular weight excluding hydrogens is 516 g/mol. The number of nitrogens with zero attached hydrogens (tertiary/aromatic N) is 3. The van der Waals surface area contributed by atoms with E-state index in [-0.39, 0.29) is 21.9 Å². The summed E-state index contributed by atoms with van der Waals surface area (Å²) in [7, 11) is 0. The molecule has 3 aromatic heterocycles. The third kappa shape index (κ3) is 4.65. The molecule has 0 saturated heterocycles. The lowest BCUT2D eigenvalue weighted by atomic mass is 9.96. The number of hydrogen-bond donors (Lipinski definition) is 3. The quantitative estimate of drug-likeness (QED) is 0.219. The van der Waals surface area contributed by atoms with E-state index < -0.39 is 5.91 Å². The molecule has 0 unspecified atom stereocenters. The number of fused-ring (bicyclic) bond motifs is 1. The monoisotopic (exact) mass is 540 g/mol. The minimum atomic E-state index is -0.401. The lowest BCUT2D eigenvalue weighted by Gasteiger charge is -2.10. The maximum absolute atomic E-state index is 13.3. The third-order valence-electron chi connectivity index (χ3n) is 6.06. The summed E-state index contributed by atoms with van der Waals surface area (Å²) in [6, 6.07) is 17.6. The number of amides is 1. The molecule has 5 rings (SSSR count). The molecule has 3 heterocycles. The molecule has 1 amide bonds. The minimum absolute atomic E-state index is 0.0997. The SMILES string of the molecule is CCOc1ccc(-c2csc(NC(=O)c3sc4nc(N)c(C#N)c(-c5ccc(CC)cc5)c4c3N)n2)cc1. The second-order valence-electron chi connectivity index (χ2n) is 8.38. The fraction of sp³-hybridized carbons (Fsp3) is 0.143. The maximum atomic E-state index is 13.3. The molecule has 0 aliphatic carbocycles. The standard InChI is InChI=1S/C28H24N6O2S2/c1-3-15-5-7-17(8-6-15)21-19(13-29)25(31)33-27-22(21)23(30)24(38-27)26(35)34-28-32-20(14-37-28)16-9-11-18(12-10-16)36-4-2/h5-12,14H,3-4,30H2,1-2H3,(H2,31,33)(H,32,34,35). The van der Waals surface area contributed by atoms with Crippen LogP contribution in [0.5, 0.6) is 5.75 Å². The second-order valence-corrected chi connectivity index (χ2v) is 10.2. The Kier molecular flexibility index (Phi) is 6.96. The van der Waals surface area contributed by atoms with E-state index in [0.717, 1.165) is 45.9 Å². The fourth-order valence-electron chi connectivity index (χ4n) is 4.15. The van der Waals surface area contributed by atoms with Crippen molar-refractivity contribution in [3.05, 3.63) is 69.9 Å². The number of nitriles is 1. The van der Waals surface area contributed by atoms with Crippen LogP contribution in [0.2, 0.25) is 0 Å². The van der Waals surface area contributed by atoms with Gasteiger partial charge in [0.15, 0.2) is 5.13 Å². The van der Waals surface area contributed by atoms with Crippen molar-refractivity contribution >= 4 is 55.4 Å². The average molecular weight is 541 g/mol. The van der Waals surface area contributed by atoms with Crippen LogP contribution >= 0.6 is 22.7 Å². The van der Waals surface area contributed by atoms with Crippen molar-refractivity contribution in [3.8, 4) is 34.2 Å². The topological polar surface area (TPSA) is 140 Å². The van der Waals surface area contributed by atoms with Crippen LogP contribution < -0.4 is 21.5 Å². The van der Waals surface area contributed by atoms with E-state index in [9.17, 15) is 10.1 Å². The van der Waals surface area contributed by atoms with Gasteiger partial charge >= 0.3 is 0 Å². The van der Waals surface area contributed by atoms with E-state index in [0.29, 0.717) is 27.5 Å². The number of carbonyl (C=O) groups is 1. The Hall–Kier alpha value is -4.46. The summed E-state index contributed by atoms with van der Waals surface area (Å²) in [5.41, 5.74) is 17.3. The van der Waals surface area contributed by atoms with Gasteiger partial charge in [-0.1, -0.05) is 31.2 Å². The predicted molar refractivity (Wildman–Crippen MR) is 155 cm³/mol. The lowest BCUT2D eigenvalue weighted by molar-refractivity contribution is 0.103. The highest BCUT2D eigenvalue weighted by molar-refractivity contribution is 7.21. The van der Waals surface area contributed by atoms with E-state index >= 15 is 0 Å². The Morgan fingerprint density at radius 1 is 1.05 bits per heavy atom. The lowest BCUT2D eigenvalue weighted by Crippen LogP contribution is -2.11. The summed E-state index contributed by atoms with van der Waals surface area (Å²) in [5, 5.41) is 15.6. The molecule has 0 saturated carbocycles. The third-order valence-corrected chi connectivity index (χ3v) is 7.92. The molecule has 0 atom stereocenters. The van der Waals surface area contributed by atoms with E-state index in [4.69, 9.17) is 16.2 Å². The Balaban J connectivity index is 1.49. The number of carbonyl (C=O) groups excluding carboxylic acids is 1. The highest BCUT2D eigenvalue weighted by Crippen LogP contribution is 2.43. The van der Waals surface area contributed by atoms with Crippen LogP contribution in [0, 0.1) is 11.3 Å². The Bertz CT molecular complexity index is 1680. The zero-order chi connectivity index (χ0) is 26.8. The first-order valence-corrected chi connectivity index (χ1v) is 13.6. The van der Waals surface area contributed by atoms with Crippen LogP contribution in [-0.4, -0.2) is 22.5 Å². The summed E-state index contributed by atoms with van der Waals surface area (Å²) in [4.78, 5) is 23.0. The number of nitrogens with two attached hydrogens (primary N) is 2. The minimum Gasteiger partial charge on any atom is -0.494 e. The first-order valence-electron chi connectivity index (χ1n) is 11.9. The molecule has 10 heteroatoms. The number of anilines is 3. The number of thiazole rings is 1. The summed E-state index contributed by atoms with van der Waals surface area (Å²) in [6.07, 6.45) is 0.890. The van der Waals surface area contributed by atoms with E-state index in [1.807, 2.05) is 60.8 Å². The van der Waals surface area contributed by atoms with Crippen LogP contribution in [0.1, 0.15) is 34.6 Å². The van der Waals surface area contributed by atoms with Gasteiger partial charge in [-0.3, -0.25) is 10.1 Å². The molecule has 0 fully saturated rings. The van der Waals surface area contributed by atoms with Gasteiger partial charge in [-0.15, -0.1) is 22.7 Å². The molecule has 0 aliphatic heterocycles. The van der Waals surface area contributed by atoms with Crippen molar-refractivity contribution in [2.24, 2.45) is 0 Å². The normalized spacial score (nSPS) is 10.9. The van der Waals surface area contributed by atoms with Gasteiger partial charge in [-0.2, -0.15) is 5.26 Å². The Morgan fingerprint density at radius 2 is 1.76 bits per heavy atom. The largest absolute Gasteiger partial charge is 0.494 e. The predicted octanol–water partition coefficient (Wildman–Crippen LogP) is 6.34. The summed E-state index contributed by atoms with van der Waals surface area (Å²) < 4.78 is 5.49. The first-order chi connectivity index (χ1) is 18.4. The number of nitrogens with one attached hydrogen (secondary N) is 1. The summed E-state index contributed by atoms with van der Waals surface area (Å²) in [6.45, 7) is 4.60. The molecule has 38 heavy (non-hydrogen) atoms. The first kappa shape index (κ1) is 25.2. The van der Waals surface area contributed by atoms with Crippen LogP contribution in [0.4, 0.5) is 16.6 Å².